The molecule has 0 aliphatic carbocycles. The fourth-order valence-corrected chi connectivity index (χ4v) is 4.49. The second-order valence-electron chi connectivity index (χ2n) is 6.55. The van der Waals surface area contributed by atoms with Gasteiger partial charge in [0.1, 0.15) is 16.5 Å². The van der Waals surface area contributed by atoms with Crippen LogP contribution in [0.1, 0.15) is 15.9 Å². The van der Waals surface area contributed by atoms with Gasteiger partial charge in [-0.2, -0.15) is 0 Å². The fourth-order valence-electron chi connectivity index (χ4n) is 2.89. The highest BCUT2D eigenvalue weighted by molar-refractivity contribution is 7.92. The number of rotatable bonds is 8. The lowest BCUT2D eigenvalue weighted by atomic mass is 10.1. The van der Waals surface area contributed by atoms with Crippen molar-refractivity contribution < 1.29 is 22.3 Å². The number of carbonyl (C=O) groups is 1. The lowest BCUT2D eigenvalue weighted by Gasteiger charge is -2.13. The van der Waals surface area contributed by atoms with Crippen molar-refractivity contribution in [3.8, 4) is 5.75 Å². The molecular weight excluding hydrogens is 443 g/mol. The highest BCUT2D eigenvalue weighted by Crippen LogP contribution is 2.29. The predicted octanol–water partition coefficient (Wildman–Crippen LogP) is 4.26. The van der Waals surface area contributed by atoms with Crippen molar-refractivity contribution in [2.24, 2.45) is 0 Å². The number of carbonyl (C=O) groups excluding carboxylic acids is 1. The smallest absolute Gasteiger partial charge is 0.263 e. The largest absolute Gasteiger partial charge is 0.495 e. The second-order valence-corrected chi connectivity index (χ2v) is 8.61. The van der Waals surface area contributed by atoms with Crippen LogP contribution in [-0.4, -0.2) is 28.0 Å². The van der Waals surface area contributed by atoms with Crippen LogP contribution in [0.25, 0.3) is 0 Å². The Hall–Kier alpha value is -3.10. The molecule has 0 bridgehead atoms. The fraction of sp³-hybridized carbons (Fsp3) is 0.136. The summed E-state index contributed by atoms with van der Waals surface area (Å²) in [6, 6.07) is 16.8. The lowest BCUT2D eigenvalue weighted by molar-refractivity contribution is 0.0954. The van der Waals surface area contributed by atoms with Gasteiger partial charge in [-0.25, -0.2) is 12.8 Å². The summed E-state index contributed by atoms with van der Waals surface area (Å²) in [5, 5.41) is 2.62. The summed E-state index contributed by atoms with van der Waals surface area (Å²) < 4.78 is 47.0. The molecule has 2 N–H and O–H groups in total. The standard InChI is InChI=1S/C22H20ClFN2O4S/c1-30-20-9-5-4-8-19(20)26-31(28,29)21-14-16(10-11-17(21)23)22(27)25-13-12-15-6-2-3-7-18(15)24/h2-11,14,26H,12-13H2,1H3,(H,25,27). The molecule has 0 heterocycles. The summed E-state index contributed by atoms with van der Waals surface area (Å²) in [6.07, 6.45) is 0.298. The summed E-state index contributed by atoms with van der Waals surface area (Å²) in [4.78, 5) is 12.2. The monoisotopic (exact) mass is 462 g/mol. The third-order valence-corrected chi connectivity index (χ3v) is 6.32. The first-order valence-corrected chi connectivity index (χ1v) is 11.1. The molecule has 0 fully saturated rings. The van der Waals surface area contributed by atoms with Crippen LogP contribution < -0.4 is 14.8 Å². The number of halogens is 2. The van der Waals surface area contributed by atoms with E-state index >= 15 is 0 Å². The Balaban J connectivity index is 1.76. The molecule has 0 aromatic heterocycles. The maximum atomic E-state index is 13.7. The number of amides is 1. The molecule has 0 aliphatic rings. The third kappa shape index (κ3) is 5.53. The van der Waals surface area contributed by atoms with Gasteiger partial charge in [-0.05, 0) is 48.4 Å². The van der Waals surface area contributed by atoms with E-state index in [1.165, 1.54) is 31.4 Å². The average molecular weight is 463 g/mol. The van der Waals surface area contributed by atoms with Gasteiger partial charge in [0.2, 0.25) is 0 Å². The molecule has 162 valence electrons. The summed E-state index contributed by atoms with van der Waals surface area (Å²) >= 11 is 6.10. The molecule has 1 amide bonds. The van der Waals surface area contributed by atoms with Crippen LogP contribution in [0.3, 0.4) is 0 Å². The first-order chi connectivity index (χ1) is 14.8. The number of sulfonamides is 1. The average Bonchev–Trinajstić information content (AvgIpc) is 2.75. The molecule has 0 saturated heterocycles. The van der Waals surface area contributed by atoms with E-state index in [4.69, 9.17) is 16.3 Å². The third-order valence-electron chi connectivity index (χ3n) is 4.47. The molecule has 3 rings (SSSR count). The van der Waals surface area contributed by atoms with Gasteiger partial charge in [-0.3, -0.25) is 9.52 Å². The summed E-state index contributed by atoms with van der Waals surface area (Å²) in [5.41, 5.74) is 0.822. The molecule has 3 aromatic carbocycles. The maximum absolute atomic E-state index is 13.7. The highest BCUT2D eigenvalue weighted by atomic mass is 35.5. The first kappa shape index (κ1) is 22.6. The van der Waals surface area contributed by atoms with Gasteiger partial charge in [0, 0.05) is 12.1 Å². The number of para-hydroxylation sites is 2. The van der Waals surface area contributed by atoms with Crippen molar-refractivity contribution in [3.05, 3.63) is 88.7 Å². The van der Waals surface area contributed by atoms with E-state index in [-0.39, 0.29) is 33.5 Å². The van der Waals surface area contributed by atoms with Crippen molar-refractivity contribution in [1.29, 1.82) is 0 Å². The molecule has 0 aliphatic heterocycles. The molecule has 0 saturated carbocycles. The molecule has 6 nitrogen and oxygen atoms in total. The molecule has 31 heavy (non-hydrogen) atoms. The van der Waals surface area contributed by atoms with E-state index in [0.29, 0.717) is 17.7 Å². The number of anilines is 1. The zero-order valence-corrected chi connectivity index (χ0v) is 18.1. The molecule has 0 spiro atoms. The van der Waals surface area contributed by atoms with E-state index in [1.54, 1.807) is 42.5 Å². The van der Waals surface area contributed by atoms with E-state index < -0.39 is 15.9 Å². The SMILES string of the molecule is COc1ccccc1NS(=O)(=O)c1cc(C(=O)NCCc2ccccc2F)ccc1Cl. The van der Waals surface area contributed by atoms with Crippen molar-refractivity contribution >= 4 is 33.2 Å². The van der Waals surface area contributed by atoms with Gasteiger partial charge in [0.25, 0.3) is 15.9 Å². The van der Waals surface area contributed by atoms with Crippen LogP contribution in [0, 0.1) is 5.82 Å². The number of hydrogen-bond acceptors (Lipinski definition) is 4. The van der Waals surface area contributed by atoms with Crippen LogP contribution in [0.2, 0.25) is 5.02 Å². The van der Waals surface area contributed by atoms with E-state index in [2.05, 4.69) is 10.0 Å². The normalized spacial score (nSPS) is 11.1. The van der Waals surface area contributed by atoms with Gasteiger partial charge < -0.3 is 10.1 Å². The number of hydrogen-bond donors (Lipinski definition) is 2. The Labute approximate surface area is 185 Å². The van der Waals surface area contributed by atoms with Crippen molar-refractivity contribution in [2.75, 3.05) is 18.4 Å². The van der Waals surface area contributed by atoms with Gasteiger partial charge >= 0.3 is 0 Å². The minimum atomic E-state index is -4.09. The van der Waals surface area contributed by atoms with Crippen molar-refractivity contribution in [2.45, 2.75) is 11.3 Å². The molecule has 0 unspecified atom stereocenters. The number of ether oxygens (including phenoxy) is 1. The second kappa shape index (κ2) is 9.80. The first-order valence-electron chi connectivity index (χ1n) is 9.29. The van der Waals surface area contributed by atoms with Crippen LogP contribution in [0.15, 0.2) is 71.6 Å². The van der Waals surface area contributed by atoms with E-state index in [0.717, 1.165) is 0 Å². The molecule has 0 atom stereocenters. The van der Waals surface area contributed by atoms with Crippen molar-refractivity contribution in [1.82, 2.24) is 5.32 Å². The van der Waals surface area contributed by atoms with Crippen molar-refractivity contribution in [3.63, 3.8) is 0 Å². The minimum absolute atomic E-state index is 0.0368. The number of benzene rings is 3. The quantitative estimate of drug-likeness (QED) is 0.524. The minimum Gasteiger partial charge on any atom is -0.495 e. The Kier molecular flexibility index (Phi) is 7.14. The van der Waals surface area contributed by atoms with Crippen LogP contribution in [0.4, 0.5) is 10.1 Å². The van der Waals surface area contributed by atoms with E-state index in [9.17, 15) is 17.6 Å². The zero-order chi connectivity index (χ0) is 22.4. The Morgan fingerprint density at radius 3 is 2.52 bits per heavy atom. The molecule has 3 aromatic rings. The van der Waals surface area contributed by atoms with Crippen LogP contribution >= 0.6 is 11.6 Å². The summed E-state index contributed by atoms with van der Waals surface area (Å²) in [6.45, 7) is 0.184. The maximum Gasteiger partial charge on any atom is 0.263 e. The van der Waals surface area contributed by atoms with E-state index in [1.807, 2.05) is 0 Å². The zero-order valence-electron chi connectivity index (χ0n) is 16.6. The Morgan fingerprint density at radius 2 is 1.77 bits per heavy atom. The summed E-state index contributed by atoms with van der Waals surface area (Å²) in [5.74, 6) is -0.509. The van der Waals surface area contributed by atoms with Gasteiger partial charge in [-0.1, -0.05) is 41.9 Å². The van der Waals surface area contributed by atoms with Gasteiger partial charge in [0.15, 0.2) is 0 Å². The van der Waals surface area contributed by atoms with Crippen LogP contribution in [-0.2, 0) is 16.4 Å². The van der Waals surface area contributed by atoms with Gasteiger partial charge in [-0.15, -0.1) is 0 Å². The number of methoxy groups -OCH3 is 1. The topological polar surface area (TPSA) is 84.5 Å². The Morgan fingerprint density at radius 1 is 1.06 bits per heavy atom. The van der Waals surface area contributed by atoms with Crippen LogP contribution in [0.5, 0.6) is 5.75 Å². The molecule has 9 heteroatoms. The predicted molar refractivity (Wildman–Crippen MR) is 118 cm³/mol. The highest BCUT2D eigenvalue weighted by Gasteiger charge is 2.21. The molecule has 0 radical (unpaired) electrons. The summed E-state index contributed by atoms with van der Waals surface area (Å²) in [7, 11) is -2.67. The lowest BCUT2D eigenvalue weighted by Crippen LogP contribution is -2.26. The molecular formula is C22H20ClFN2O4S. The van der Waals surface area contributed by atoms with Gasteiger partial charge in [0.05, 0.1) is 17.8 Å². The Bertz CT molecular complexity index is 1200. The number of nitrogens with one attached hydrogen (secondary N) is 2.